The number of hydrogen-bond acceptors (Lipinski definition) is 4. The van der Waals surface area contributed by atoms with Crippen LogP contribution in [0, 0.1) is 0 Å². The molecule has 0 aromatic heterocycles. The normalized spacial score (nSPS) is 18.6. The lowest BCUT2D eigenvalue weighted by atomic mass is 10.2. The van der Waals surface area contributed by atoms with Crippen LogP contribution in [0.5, 0.6) is 0 Å². The fourth-order valence-electron chi connectivity index (χ4n) is 2.10. The van der Waals surface area contributed by atoms with E-state index in [1.54, 1.807) is 22.7 Å². The van der Waals surface area contributed by atoms with Gasteiger partial charge in [0.05, 0.1) is 0 Å². The van der Waals surface area contributed by atoms with Gasteiger partial charge in [0.15, 0.2) is 5.76 Å². The van der Waals surface area contributed by atoms with Crippen molar-refractivity contribution in [3.8, 4) is 0 Å². The SMILES string of the molecule is CCCN1C(=O)C(=Cc2ccc(SC)cc2)OC1=NC(C)C. The average molecular weight is 318 g/mol. The Morgan fingerprint density at radius 3 is 2.55 bits per heavy atom. The van der Waals surface area contributed by atoms with Crippen molar-refractivity contribution in [2.75, 3.05) is 12.8 Å². The number of hydrogen-bond donors (Lipinski definition) is 0. The second kappa shape index (κ2) is 7.49. The van der Waals surface area contributed by atoms with Gasteiger partial charge in [-0.05, 0) is 50.3 Å². The van der Waals surface area contributed by atoms with E-state index in [0.717, 1.165) is 12.0 Å². The summed E-state index contributed by atoms with van der Waals surface area (Å²) in [7, 11) is 0. The highest BCUT2D eigenvalue weighted by Gasteiger charge is 2.34. The molecule has 0 saturated carbocycles. The van der Waals surface area contributed by atoms with Crippen LogP contribution in [0.15, 0.2) is 39.9 Å². The molecule has 4 nitrogen and oxygen atoms in total. The molecular weight excluding hydrogens is 296 g/mol. The van der Waals surface area contributed by atoms with Gasteiger partial charge >= 0.3 is 6.02 Å². The van der Waals surface area contributed by atoms with Gasteiger partial charge in [-0.25, -0.2) is 4.99 Å². The monoisotopic (exact) mass is 318 g/mol. The minimum Gasteiger partial charge on any atom is -0.420 e. The molecule has 1 saturated heterocycles. The molecular formula is C17H22N2O2S. The fraction of sp³-hybridized carbons (Fsp3) is 0.412. The van der Waals surface area contributed by atoms with Gasteiger partial charge in [-0.15, -0.1) is 11.8 Å². The van der Waals surface area contributed by atoms with Crippen LogP contribution in [0.3, 0.4) is 0 Å². The van der Waals surface area contributed by atoms with E-state index in [1.807, 2.05) is 51.3 Å². The lowest BCUT2D eigenvalue weighted by Gasteiger charge is -2.12. The van der Waals surface area contributed by atoms with Crippen LogP contribution in [-0.4, -0.2) is 35.7 Å². The van der Waals surface area contributed by atoms with E-state index in [2.05, 4.69) is 4.99 Å². The van der Waals surface area contributed by atoms with Crippen LogP contribution >= 0.6 is 11.8 Å². The number of ether oxygens (including phenoxy) is 1. The number of nitrogens with zero attached hydrogens (tertiary/aromatic N) is 2. The molecule has 0 spiro atoms. The van der Waals surface area contributed by atoms with Crippen LogP contribution in [-0.2, 0) is 9.53 Å². The Balaban J connectivity index is 2.27. The summed E-state index contributed by atoms with van der Waals surface area (Å²) in [6.45, 7) is 6.58. The number of carbonyl (C=O) groups excluding carboxylic acids is 1. The van der Waals surface area contributed by atoms with Gasteiger partial charge in [0.1, 0.15) is 0 Å². The van der Waals surface area contributed by atoms with Gasteiger partial charge in [-0.3, -0.25) is 9.69 Å². The van der Waals surface area contributed by atoms with E-state index < -0.39 is 0 Å². The molecule has 0 unspecified atom stereocenters. The van der Waals surface area contributed by atoms with Crippen LogP contribution in [0.25, 0.3) is 6.08 Å². The zero-order chi connectivity index (χ0) is 16.1. The summed E-state index contributed by atoms with van der Waals surface area (Å²) in [4.78, 5) is 19.7. The number of thioether (sulfide) groups is 1. The van der Waals surface area contributed by atoms with E-state index in [-0.39, 0.29) is 11.9 Å². The first-order valence-electron chi connectivity index (χ1n) is 7.48. The van der Waals surface area contributed by atoms with Crippen LogP contribution in [0.1, 0.15) is 32.8 Å². The highest BCUT2D eigenvalue weighted by Crippen LogP contribution is 2.22. The molecule has 1 aliphatic rings. The molecule has 0 N–H and O–H groups in total. The Labute approximate surface area is 136 Å². The summed E-state index contributed by atoms with van der Waals surface area (Å²) in [5, 5.41) is 0. The quantitative estimate of drug-likeness (QED) is 0.613. The summed E-state index contributed by atoms with van der Waals surface area (Å²) in [6, 6.07) is 8.53. The van der Waals surface area contributed by atoms with E-state index in [0.29, 0.717) is 18.3 Å². The van der Waals surface area contributed by atoms with Crippen LogP contribution in [0.4, 0.5) is 0 Å². The van der Waals surface area contributed by atoms with Crippen molar-refractivity contribution in [1.29, 1.82) is 0 Å². The second-order valence-electron chi connectivity index (χ2n) is 5.35. The van der Waals surface area contributed by atoms with Crippen molar-refractivity contribution in [2.24, 2.45) is 4.99 Å². The standard InChI is InChI=1S/C17H22N2O2S/c1-5-10-19-16(20)15(21-17(19)18-12(2)3)11-13-6-8-14(22-4)9-7-13/h6-9,11-12H,5,10H2,1-4H3. The first-order chi connectivity index (χ1) is 10.5. The van der Waals surface area contributed by atoms with Crippen molar-refractivity contribution in [1.82, 2.24) is 4.90 Å². The first-order valence-corrected chi connectivity index (χ1v) is 8.71. The maximum atomic E-state index is 12.5. The molecule has 0 atom stereocenters. The largest absolute Gasteiger partial charge is 0.420 e. The van der Waals surface area contributed by atoms with Gasteiger partial charge in [0, 0.05) is 17.5 Å². The van der Waals surface area contributed by atoms with Gasteiger partial charge < -0.3 is 4.74 Å². The molecule has 1 heterocycles. The Hall–Kier alpha value is -1.75. The summed E-state index contributed by atoms with van der Waals surface area (Å²) in [5.74, 6) is 0.222. The maximum absolute atomic E-state index is 12.5. The molecule has 1 amide bonds. The average Bonchev–Trinajstić information content (AvgIpc) is 2.76. The second-order valence-corrected chi connectivity index (χ2v) is 6.23. The number of carbonyl (C=O) groups is 1. The summed E-state index contributed by atoms with van der Waals surface area (Å²) in [5.41, 5.74) is 0.948. The number of amidine groups is 1. The smallest absolute Gasteiger partial charge is 0.300 e. The van der Waals surface area contributed by atoms with Gasteiger partial charge in [0.2, 0.25) is 0 Å². The number of amides is 1. The van der Waals surface area contributed by atoms with Crippen LogP contribution < -0.4 is 0 Å². The zero-order valence-corrected chi connectivity index (χ0v) is 14.3. The third-order valence-electron chi connectivity index (χ3n) is 3.12. The van der Waals surface area contributed by atoms with Crippen molar-refractivity contribution in [2.45, 2.75) is 38.1 Å². The Morgan fingerprint density at radius 1 is 1.32 bits per heavy atom. The molecule has 1 fully saturated rings. The Bertz CT molecular complexity index is 591. The fourth-order valence-corrected chi connectivity index (χ4v) is 2.51. The topological polar surface area (TPSA) is 41.9 Å². The van der Waals surface area contributed by atoms with Crippen molar-refractivity contribution in [3.05, 3.63) is 35.6 Å². The van der Waals surface area contributed by atoms with Gasteiger partial charge in [-0.2, -0.15) is 0 Å². The zero-order valence-electron chi connectivity index (χ0n) is 13.5. The highest BCUT2D eigenvalue weighted by atomic mass is 32.2. The van der Waals surface area contributed by atoms with Gasteiger partial charge in [-0.1, -0.05) is 19.1 Å². The number of aliphatic imine (C=N–C) groups is 1. The lowest BCUT2D eigenvalue weighted by molar-refractivity contribution is -0.122. The van der Waals surface area contributed by atoms with E-state index in [9.17, 15) is 4.79 Å². The molecule has 0 radical (unpaired) electrons. The molecule has 1 aromatic rings. The number of benzene rings is 1. The van der Waals surface area contributed by atoms with E-state index in [1.165, 1.54) is 4.90 Å². The Kier molecular flexibility index (Phi) is 5.66. The Morgan fingerprint density at radius 2 is 2.00 bits per heavy atom. The maximum Gasteiger partial charge on any atom is 0.300 e. The third kappa shape index (κ3) is 3.91. The summed E-state index contributed by atoms with van der Waals surface area (Å²) in [6.07, 6.45) is 4.67. The molecule has 2 rings (SSSR count). The van der Waals surface area contributed by atoms with Crippen molar-refractivity contribution in [3.63, 3.8) is 0 Å². The lowest BCUT2D eigenvalue weighted by Crippen LogP contribution is -2.31. The highest BCUT2D eigenvalue weighted by molar-refractivity contribution is 7.98. The first kappa shape index (κ1) is 16.6. The minimum absolute atomic E-state index is 0.0855. The molecule has 118 valence electrons. The molecule has 1 aliphatic heterocycles. The summed E-state index contributed by atoms with van der Waals surface area (Å²) < 4.78 is 5.69. The molecule has 0 bridgehead atoms. The van der Waals surface area contributed by atoms with E-state index in [4.69, 9.17) is 4.74 Å². The molecule has 22 heavy (non-hydrogen) atoms. The van der Waals surface area contributed by atoms with Crippen molar-refractivity contribution < 1.29 is 9.53 Å². The molecule has 1 aromatic carbocycles. The van der Waals surface area contributed by atoms with Gasteiger partial charge in [0.25, 0.3) is 5.91 Å². The van der Waals surface area contributed by atoms with Crippen molar-refractivity contribution >= 4 is 29.8 Å². The minimum atomic E-state index is -0.116. The predicted octanol–water partition coefficient (Wildman–Crippen LogP) is 3.78. The number of rotatable bonds is 5. The molecule has 0 aliphatic carbocycles. The van der Waals surface area contributed by atoms with Crippen LogP contribution in [0.2, 0.25) is 0 Å². The molecule has 5 heteroatoms. The summed E-state index contributed by atoms with van der Waals surface area (Å²) >= 11 is 1.69. The van der Waals surface area contributed by atoms with E-state index >= 15 is 0 Å². The predicted molar refractivity (Wildman–Crippen MR) is 91.9 cm³/mol. The third-order valence-corrected chi connectivity index (χ3v) is 3.86.